The van der Waals surface area contributed by atoms with Gasteiger partial charge in [-0.05, 0) is 97.5 Å². The van der Waals surface area contributed by atoms with Gasteiger partial charge in [0.1, 0.15) is 18.1 Å². The number of benzene rings is 3. The van der Waals surface area contributed by atoms with Gasteiger partial charge in [0, 0.05) is 55.2 Å². The van der Waals surface area contributed by atoms with E-state index < -0.39 is 11.9 Å². The third-order valence-electron chi connectivity index (χ3n) is 13.3. The quantitative estimate of drug-likeness (QED) is 0.0303. The summed E-state index contributed by atoms with van der Waals surface area (Å²) >= 11 is 1.64. The van der Waals surface area contributed by atoms with Gasteiger partial charge in [0.15, 0.2) is 0 Å². The molecule has 0 radical (unpaired) electrons. The lowest BCUT2D eigenvalue weighted by Crippen LogP contribution is -2.64. The molecule has 1 heterocycles. The molecule has 6 rings (SSSR count). The molecule has 1 aliphatic heterocycles. The second kappa shape index (κ2) is 27.4. The van der Waals surface area contributed by atoms with Crippen LogP contribution in [-0.4, -0.2) is 65.3 Å². The first-order chi connectivity index (χ1) is 32.8. The Hall–Kier alpha value is -4.62. The summed E-state index contributed by atoms with van der Waals surface area (Å²) in [7, 11) is 0. The van der Waals surface area contributed by atoms with Crippen molar-refractivity contribution in [3.05, 3.63) is 108 Å². The monoisotopic (exact) mass is 938 g/mol. The van der Waals surface area contributed by atoms with Gasteiger partial charge >= 0.3 is 6.09 Å². The first kappa shape index (κ1) is 51.8. The number of oxime groups is 1. The van der Waals surface area contributed by atoms with Crippen molar-refractivity contribution in [2.24, 2.45) is 22.9 Å². The largest absolute Gasteiger partial charge is 0.460 e. The highest BCUT2D eigenvalue weighted by molar-refractivity contribution is 8.00. The van der Waals surface area contributed by atoms with Gasteiger partial charge in [-0.2, -0.15) is 0 Å². The third-order valence-corrected chi connectivity index (χ3v) is 14.7. The van der Waals surface area contributed by atoms with Gasteiger partial charge in [0.05, 0.1) is 23.5 Å². The molecular formula is C55H75N3O8S. The molecular weight excluding hydrogens is 863 g/mol. The summed E-state index contributed by atoms with van der Waals surface area (Å²) in [5, 5.41) is 30.4. The average Bonchev–Trinajstić information content (AvgIpc) is 3.33. The second-order valence-electron chi connectivity index (χ2n) is 18.3. The topological polar surface area (TPSA) is 148 Å². The molecule has 3 aromatic carbocycles. The van der Waals surface area contributed by atoms with Crippen LogP contribution in [0, 0.1) is 17.8 Å². The number of carbonyl (C=O) groups excluding carboxylic acids is 2. The molecule has 6 atom stereocenters. The molecule has 2 amide bonds. The number of amides is 2. The predicted octanol–water partition coefficient (Wildman–Crippen LogP) is 12.3. The molecule has 0 aromatic heterocycles. The van der Waals surface area contributed by atoms with Crippen molar-refractivity contribution in [3.63, 3.8) is 0 Å². The van der Waals surface area contributed by atoms with Gasteiger partial charge in [0.2, 0.25) is 11.7 Å². The smallest absolute Gasteiger partial charge is 0.412 e. The number of hydrogen-bond acceptors (Lipinski definition) is 10. The summed E-state index contributed by atoms with van der Waals surface area (Å²) in [4.78, 5) is 32.4. The van der Waals surface area contributed by atoms with Gasteiger partial charge in [-0.25, -0.2) is 4.79 Å². The first-order valence-corrected chi connectivity index (χ1v) is 25.9. The van der Waals surface area contributed by atoms with E-state index >= 15 is 0 Å². The van der Waals surface area contributed by atoms with Crippen molar-refractivity contribution in [3.8, 4) is 11.5 Å². The average molecular weight is 938 g/mol. The molecule has 3 aromatic rings. The number of fused-ring (bicyclic) bond motifs is 2. The zero-order chi connectivity index (χ0) is 47.3. The summed E-state index contributed by atoms with van der Waals surface area (Å²) in [5.41, 5.74) is 4.48. The molecule has 2 aliphatic carbocycles. The fourth-order valence-electron chi connectivity index (χ4n) is 10.2. The van der Waals surface area contributed by atoms with Crippen LogP contribution in [0.2, 0.25) is 0 Å². The Balaban J connectivity index is 1.35. The molecule has 4 N–H and O–H groups in total. The van der Waals surface area contributed by atoms with Gasteiger partial charge in [-0.15, -0.1) is 18.3 Å². The number of aliphatic hydroxyl groups excluding tert-OH is 2. The van der Waals surface area contributed by atoms with Crippen molar-refractivity contribution in [2.45, 2.75) is 151 Å². The number of nitrogens with one attached hydrogen (secondary N) is 2. The van der Waals surface area contributed by atoms with Gasteiger partial charge in [-0.3, -0.25) is 4.79 Å². The molecule has 364 valence electrons. The van der Waals surface area contributed by atoms with Crippen LogP contribution in [0.4, 0.5) is 10.5 Å². The number of aliphatic hydroxyl groups is 2. The number of hydrogen-bond donors (Lipinski definition) is 4. The van der Waals surface area contributed by atoms with E-state index in [1.807, 2.05) is 66.7 Å². The minimum atomic E-state index is -1.20. The lowest BCUT2D eigenvalue weighted by atomic mass is 9.56. The SMILES string of the molecule is C=CCOC12Oc3ccc(OC(=O)NCCCCCCCCCCCC)cc3C3C(CCCCO)C(CCCCO)C=C(C(=NOCc4ccccc4)CC1Sc1ccc(NC(C)=O)cc1)C32. The Morgan fingerprint density at radius 1 is 0.881 bits per heavy atom. The van der Waals surface area contributed by atoms with Crippen molar-refractivity contribution >= 4 is 35.2 Å². The standard InChI is InChI=1S/C55H75N3O8S/c1-4-6-7-8-9-10-11-12-13-19-32-56-54(62)65-44-28-31-50-48(37-44)52-46(25-18-21-34-60)42(24-17-20-33-59)36-47-49(58-64-39-41-22-15-14-16-23-41)38-51(55(66-50,53(47)52)63-35-5-2)67-45-29-26-43(27-30-45)57-40(3)61/h5,14-16,22-23,26-31,36-37,42,46,51-53,59-60H,2,4,6-13,17-21,24-25,32-35,38-39H2,1,3H3,(H,56,62)(H,57,61). The number of nitrogens with zero attached hydrogens (tertiary/aromatic N) is 1. The van der Waals surface area contributed by atoms with Crippen molar-refractivity contribution in [1.29, 1.82) is 0 Å². The number of thioether (sulfide) groups is 1. The van der Waals surface area contributed by atoms with Crippen LogP contribution < -0.4 is 20.1 Å². The molecule has 0 spiro atoms. The minimum Gasteiger partial charge on any atom is -0.460 e. The number of ether oxygens (including phenoxy) is 3. The summed E-state index contributed by atoms with van der Waals surface area (Å²) < 4.78 is 20.5. The van der Waals surface area contributed by atoms with E-state index in [1.165, 1.54) is 58.3 Å². The molecule has 67 heavy (non-hydrogen) atoms. The molecule has 0 bridgehead atoms. The Bertz CT molecular complexity index is 2060. The second-order valence-corrected chi connectivity index (χ2v) is 19.6. The number of anilines is 1. The van der Waals surface area contributed by atoms with E-state index in [0.29, 0.717) is 49.6 Å². The minimum absolute atomic E-state index is 0.0842. The van der Waals surface area contributed by atoms with Crippen molar-refractivity contribution in [1.82, 2.24) is 5.32 Å². The highest BCUT2D eigenvalue weighted by Gasteiger charge is 2.64. The fourth-order valence-corrected chi connectivity index (χ4v) is 11.5. The van der Waals surface area contributed by atoms with Crippen molar-refractivity contribution in [2.75, 3.05) is 31.7 Å². The Labute approximate surface area is 403 Å². The van der Waals surface area contributed by atoms with E-state index in [4.69, 9.17) is 24.2 Å². The van der Waals surface area contributed by atoms with E-state index in [-0.39, 0.29) is 54.6 Å². The predicted molar refractivity (Wildman–Crippen MR) is 269 cm³/mol. The maximum Gasteiger partial charge on any atom is 0.412 e. The highest BCUT2D eigenvalue weighted by atomic mass is 32.2. The zero-order valence-electron chi connectivity index (χ0n) is 39.9. The van der Waals surface area contributed by atoms with Crippen LogP contribution in [0.5, 0.6) is 11.5 Å². The number of carbonyl (C=O) groups is 2. The zero-order valence-corrected chi connectivity index (χ0v) is 40.7. The van der Waals surface area contributed by atoms with Gasteiger partial charge in [0.25, 0.3) is 0 Å². The number of rotatable bonds is 29. The van der Waals surface area contributed by atoms with Gasteiger partial charge in [-0.1, -0.05) is 125 Å². The maximum atomic E-state index is 13.3. The fraction of sp³-hybridized carbons (Fsp3) is 0.545. The molecule has 3 aliphatic rings. The Morgan fingerprint density at radius 2 is 1.58 bits per heavy atom. The molecule has 12 heteroatoms. The van der Waals surface area contributed by atoms with E-state index in [1.54, 1.807) is 23.9 Å². The molecule has 1 fully saturated rings. The van der Waals surface area contributed by atoms with Crippen LogP contribution in [0.15, 0.2) is 107 Å². The lowest BCUT2D eigenvalue weighted by Gasteiger charge is -2.58. The molecule has 0 saturated heterocycles. The van der Waals surface area contributed by atoms with Crippen LogP contribution >= 0.6 is 11.8 Å². The molecule has 1 saturated carbocycles. The van der Waals surface area contributed by atoms with E-state index in [0.717, 1.165) is 65.8 Å². The van der Waals surface area contributed by atoms with Crippen LogP contribution in [0.25, 0.3) is 0 Å². The first-order valence-electron chi connectivity index (χ1n) is 25.0. The maximum absolute atomic E-state index is 13.3. The summed E-state index contributed by atoms with van der Waals surface area (Å²) in [6, 6.07) is 23.5. The summed E-state index contributed by atoms with van der Waals surface area (Å²) in [6.07, 6.45) is 21.0. The summed E-state index contributed by atoms with van der Waals surface area (Å²) in [6.45, 7) is 9.11. The number of allylic oxidation sites excluding steroid dienone is 1. The Kier molecular flexibility index (Phi) is 21.2. The van der Waals surface area contributed by atoms with Crippen molar-refractivity contribution < 1.29 is 38.9 Å². The Morgan fingerprint density at radius 3 is 2.27 bits per heavy atom. The summed E-state index contributed by atoms with van der Waals surface area (Å²) in [5.74, 6) is -0.586. The molecule has 11 nitrogen and oxygen atoms in total. The van der Waals surface area contributed by atoms with E-state index in [9.17, 15) is 19.8 Å². The van der Waals surface area contributed by atoms with Crippen LogP contribution in [-0.2, 0) is 21.0 Å². The van der Waals surface area contributed by atoms with Crippen LogP contribution in [0.1, 0.15) is 140 Å². The van der Waals surface area contributed by atoms with Gasteiger partial charge < -0.3 is 39.9 Å². The third kappa shape index (κ3) is 14.7. The van der Waals surface area contributed by atoms with E-state index in [2.05, 4.69) is 30.2 Å². The normalized spacial score (nSPS) is 22.2. The highest BCUT2D eigenvalue weighted by Crippen LogP contribution is 2.63. The number of unbranched alkanes of at least 4 members (excludes halogenated alkanes) is 11. The molecule has 6 unspecified atom stereocenters. The lowest BCUT2D eigenvalue weighted by molar-refractivity contribution is -0.223. The van der Waals surface area contributed by atoms with Crippen LogP contribution in [0.3, 0.4) is 0 Å².